The monoisotopic (exact) mass is 544 g/mol. The highest BCUT2D eigenvalue weighted by atomic mass is 16.8. The van der Waals surface area contributed by atoms with Gasteiger partial charge < -0.3 is 44.4 Å². The second kappa shape index (κ2) is 10.5. The Balaban J connectivity index is 1.35. The zero-order valence-electron chi connectivity index (χ0n) is 22.0. The van der Waals surface area contributed by atoms with E-state index in [4.69, 9.17) is 18.9 Å². The molecule has 0 saturated carbocycles. The van der Waals surface area contributed by atoms with Gasteiger partial charge >= 0.3 is 5.97 Å². The fraction of sp³-hybridized carbons (Fsp3) is 0.607. The summed E-state index contributed by atoms with van der Waals surface area (Å²) < 4.78 is 23.0. The fourth-order valence-corrected chi connectivity index (χ4v) is 7.09. The van der Waals surface area contributed by atoms with Gasteiger partial charge in [-0.1, -0.05) is 25.1 Å². The molecule has 5 heterocycles. The van der Waals surface area contributed by atoms with E-state index in [1.165, 1.54) is 24.3 Å². The van der Waals surface area contributed by atoms with E-state index in [0.29, 0.717) is 18.5 Å². The number of methoxy groups -OCH3 is 1. The summed E-state index contributed by atoms with van der Waals surface area (Å²) in [5.41, 5.74) is 3.75. The van der Waals surface area contributed by atoms with Crippen molar-refractivity contribution in [2.45, 2.75) is 62.7 Å². The fourth-order valence-electron chi connectivity index (χ4n) is 7.09. The molecule has 6 rings (SSSR count). The minimum atomic E-state index is -1.37. The molecule has 2 aromatic rings. The number of esters is 1. The van der Waals surface area contributed by atoms with Gasteiger partial charge in [0.25, 0.3) is 0 Å². The summed E-state index contributed by atoms with van der Waals surface area (Å²) in [6, 6.07) is 7.66. The number of aliphatic hydroxyl groups is 4. The van der Waals surface area contributed by atoms with Crippen LogP contribution in [0.3, 0.4) is 0 Å². The molecule has 0 radical (unpaired) electrons. The highest BCUT2D eigenvalue weighted by molar-refractivity contribution is 5.89. The van der Waals surface area contributed by atoms with Gasteiger partial charge in [-0.3, -0.25) is 4.90 Å². The van der Waals surface area contributed by atoms with Crippen LogP contribution < -0.4 is 0 Å². The maximum absolute atomic E-state index is 12.9. The van der Waals surface area contributed by atoms with Gasteiger partial charge in [-0.15, -0.1) is 0 Å². The van der Waals surface area contributed by atoms with Crippen LogP contribution in [-0.4, -0.2) is 100 Å². The summed E-state index contributed by atoms with van der Waals surface area (Å²) >= 11 is 0. The number of nitrogens with zero attached hydrogens (tertiary/aromatic N) is 1. The van der Waals surface area contributed by atoms with Crippen molar-refractivity contribution >= 4 is 16.9 Å². The third-order valence-electron chi connectivity index (χ3n) is 9.17. The van der Waals surface area contributed by atoms with Crippen molar-refractivity contribution in [1.82, 2.24) is 9.88 Å². The molecule has 1 aromatic heterocycles. The second-order valence-electron chi connectivity index (χ2n) is 11.0. The van der Waals surface area contributed by atoms with Crippen LogP contribution in [0.25, 0.3) is 10.9 Å². The van der Waals surface area contributed by atoms with E-state index in [9.17, 15) is 25.2 Å². The lowest BCUT2D eigenvalue weighted by Gasteiger charge is -2.54. The summed E-state index contributed by atoms with van der Waals surface area (Å²) in [4.78, 5) is 18.7. The molecule has 5 N–H and O–H groups in total. The van der Waals surface area contributed by atoms with E-state index in [0.717, 1.165) is 17.6 Å². The van der Waals surface area contributed by atoms with Crippen LogP contribution in [0.1, 0.15) is 30.6 Å². The summed E-state index contributed by atoms with van der Waals surface area (Å²) in [6.45, 7) is 1.82. The topological polar surface area (TPSA) is 154 Å². The smallest absolute Gasteiger partial charge is 0.337 e. The van der Waals surface area contributed by atoms with Crippen molar-refractivity contribution in [2.75, 3.05) is 26.9 Å². The van der Waals surface area contributed by atoms with E-state index in [1.54, 1.807) is 6.92 Å². The molecule has 4 aliphatic rings. The van der Waals surface area contributed by atoms with Gasteiger partial charge in [-0.25, -0.2) is 4.79 Å². The number of para-hydroxylation sites is 1. The molecule has 212 valence electrons. The van der Waals surface area contributed by atoms with E-state index in [2.05, 4.69) is 22.0 Å². The van der Waals surface area contributed by atoms with Crippen molar-refractivity contribution in [3.05, 3.63) is 47.4 Å². The molecular formula is C28H36N2O9. The first-order valence-electron chi connectivity index (χ1n) is 13.6. The Hall–Kier alpha value is -2.51. The van der Waals surface area contributed by atoms with Crippen LogP contribution in [0.5, 0.6) is 0 Å². The zero-order chi connectivity index (χ0) is 27.4. The van der Waals surface area contributed by atoms with Gasteiger partial charge in [0, 0.05) is 46.9 Å². The molecule has 11 heteroatoms. The summed E-state index contributed by atoms with van der Waals surface area (Å²) in [5.74, 6) is -1.91. The molecule has 0 amide bonds. The third-order valence-corrected chi connectivity index (χ3v) is 9.17. The number of piperidine rings is 1. The number of aromatic nitrogens is 1. The first-order valence-corrected chi connectivity index (χ1v) is 13.6. The number of rotatable bonds is 5. The van der Waals surface area contributed by atoms with Crippen LogP contribution in [0.4, 0.5) is 0 Å². The van der Waals surface area contributed by atoms with Crippen LogP contribution in [0.2, 0.25) is 0 Å². The minimum absolute atomic E-state index is 0.0793. The summed E-state index contributed by atoms with van der Waals surface area (Å²) in [6.07, 6.45) is -2.86. The number of carbonyl (C=O) groups excluding carboxylic acids is 1. The predicted octanol–water partition coefficient (Wildman–Crippen LogP) is 0.569. The molecule has 0 bridgehead atoms. The number of aliphatic hydroxyl groups excluding tert-OH is 4. The molecular weight excluding hydrogens is 508 g/mol. The lowest BCUT2D eigenvalue weighted by atomic mass is 9.70. The predicted molar refractivity (Wildman–Crippen MR) is 137 cm³/mol. The average molecular weight is 545 g/mol. The van der Waals surface area contributed by atoms with Crippen molar-refractivity contribution < 1.29 is 44.2 Å². The second-order valence-corrected chi connectivity index (χ2v) is 11.0. The third kappa shape index (κ3) is 4.28. The van der Waals surface area contributed by atoms with Gasteiger partial charge in [-0.2, -0.15) is 0 Å². The summed E-state index contributed by atoms with van der Waals surface area (Å²) in [7, 11) is 1.32. The van der Waals surface area contributed by atoms with E-state index < -0.39 is 54.7 Å². The number of ether oxygens (including phenoxy) is 4. The average Bonchev–Trinajstić information content (AvgIpc) is 3.35. The molecule has 0 spiro atoms. The van der Waals surface area contributed by atoms with Crippen molar-refractivity contribution in [2.24, 2.45) is 17.8 Å². The first-order chi connectivity index (χ1) is 18.9. The molecule has 1 aromatic carbocycles. The number of benzene rings is 1. The molecule has 1 unspecified atom stereocenters. The normalized spacial score (nSPS) is 38.3. The lowest BCUT2D eigenvalue weighted by Crippen LogP contribution is -2.62. The Labute approximate surface area is 225 Å². The highest BCUT2D eigenvalue weighted by Gasteiger charge is 2.55. The van der Waals surface area contributed by atoms with Gasteiger partial charge in [-0.05, 0) is 24.5 Å². The van der Waals surface area contributed by atoms with Crippen LogP contribution >= 0.6 is 0 Å². The van der Waals surface area contributed by atoms with Crippen molar-refractivity contribution in [3.8, 4) is 0 Å². The molecule has 4 aliphatic heterocycles. The molecule has 11 nitrogen and oxygen atoms in total. The Morgan fingerprint density at radius 1 is 1.15 bits per heavy atom. The van der Waals surface area contributed by atoms with E-state index in [1.807, 2.05) is 12.1 Å². The van der Waals surface area contributed by atoms with E-state index >= 15 is 0 Å². The number of fused-ring (bicyclic) bond motifs is 6. The first kappa shape index (κ1) is 26.7. The van der Waals surface area contributed by atoms with Crippen LogP contribution in [0.15, 0.2) is 36.1 Å². The van der Waals surface area contributed by atoms with E-state index in [-0.39, 0.29) is 25.2 Å². The molecule has 2 fully saturated rings. The molecule has 39 heavy (non-hydrogen) atoms. The van der Waals surface area contributed by atoms with Gasteiger partial charge in [0.15, 0.2) is 6.29 Å². The SMILES string of the molecule is COC(=O)C1=CO[C@@H](OC2O[C@H](CO)[C@@H](C)[C@H](O)[C@H]2O)[C@H]2[C@@H]1C[C@@H]1c3[nH]c4ccccc4c3CCN1[C@H]2CO. The number of carbonyl (C=O) groups is 1. The summed E-state index contributed by atoms with van der Waals surface area (Å²) in [5, 5.41) is 42.9. The number of H-pyrrole nitrogens is 1. The molecule has 10 atom stereocenters. The molecule has 0 aliphatic carbocycles. The number of nitrogens with one attached hydrogen (secondary N) is 1. The van der Waals surface area contributed by atoms with Crippen molar-refractivity contribution in [1.29, 1.82) is 0 Å². The Kier molecular flexibility index (Phi) is 7.17. The lowest BCUT2D eigenvalue weighted by molar-refractivity contribution is -0.339. The zero-order valence-corrected chi connectivity index (χ0v) is 22.0. The van der Waals surface area contributed by atoms with Crippen LogP contribution in [0, 0.1) is 17.8 Å². The Morgan fingerprint density at radius 2 is 1.95 bits per heavy atom. The number of hydrogen-bond acceptors (Lipinski definition) is 10. The highest BCUT2D eigenvalue weighted by Crippen LogP contribution is 2.51. The number of aromatic amines is 1. The van der Waals surface area contributed by atoms with Gasteiger partial charge in [0.2, 0.25) is 6.29 Å². The van der Waals surface area contributed by atoms with Gasteiger partial charge in [0.05, 0.1) is 50.4 Å². The Morgan fingerprint density at radius 3 is 2.69 bits per heavy atom. The Bertz CT molecular complexity index is 1240. The van der Waals surface area contributed by atoms with Crippen molar-refractivity contribution in [3.63, 3.8) is 0 Å². The minimum Gasteiger partial charge on any atom is -0.471 e. The molecule has 2 saturated heterocycles. The standard InChI is InChI=1S/C28H36N2O9/c1-13-21(11-32)38-28(25(34)24(13)33)39-27-22-16(17(12-37-27)26(35)36-2)9-19-23-15(7-8-30(19)20(22)10-31)14-5-3-4-6-18(14)29-23/h3-6,12-13,16,19-22,24-25,27-29,31-34H,7-11H2,1-2H3/t13-,16-,19-,20+,21-,22+,24+,25-,27+,28?/m1/s1. The van der Waals surface area contributed by atoms with Crippen LogP contribution in [-0.2, 0) is 30.2 Å². The maximum Gasteiger partial charge on any atom is 0.337 e. The van der Waals surface area contributed by atoms with Gasteiger partial charge in [0.1, 0.15) is 6.10 Å². The number of hydrogen-bond donors (Lipinski definition) is 5. The maximum atomic E-state index is 12.9. The quantitative estimate of drug-likeness (QED) is 0.338. The largest absolute Gasteiger partial charge is 0.471 e.